The summed E-state index contributed by atoms with van der Waals surface area (Å²) in [4.78, 5) is 2.53. The highest BCUT2D eigenvalue weighted by Crippen LogP contribution is 2.49. The lowest BCUT2D eigenvalue weighted by atomic mass is 9.33. The van der Waals surface area contributed by atoms with Crippen LogP contribution in [-0.4, -0.2) is 12.8 Å². The lowest BCUT2D eigenvalue weighted by Gasteiger charge is -2.40. The van der Waals surface area contributed by atoms with E-state index in [2.05, 4.69) is 120 Å². The number of anilines is 2. The van der Waals surface area contributed by atoms with Crippen LogP contribution in [0.1, 0.15) is 5.56 Å². The van der Waals surface area contributed by atoms with Gasteiger partial charge in [0, 0.05) is 16.9 Å². The van der Waals surface area contributed by atoms with Gasteiger partial charge in [0.25, 0.3) is 6.71 Å². The molecular weight excluding hydrogens is 449 g/mol. The lowest BCUT2D eigenvalue weighted by Crippen LogP contribution is -2.60. The number of rotatable bonds is 1. The van der Waals surface area contributed by atoms with Crippen molar-refractivity contribution in [3.05, 3.63) is 127 Å². The van der Waals surface area contributed by atoms with E-state index >= 15 is 0 Å². The summed E-state index contributed by atoms with van der Waals surface area (Å²) in [6, 6.07) is 35.2. The van der Waals surface area contributed by atoms with Gasteiger partial charge in [-0.25, -0.2) is 0 Å². The molecule has 0 fully saturated rings. The fraction of sp³-hybridized carbons (Fsp3) is 0.0294. The van der Waals surface area contributed by atoms with E-state index in [9.17, 15) is 0 Å². The molecule has 5 aromatic carbocycles. The number of ether oxygens (including phenoxy) is 1. The van der Waals surface area contributed by atoms with E-state index in [1.807, 2.05) is 6.08 Å². The highest BCUT2D eigenvalue weighted by atomic mass is 16.5. The van der Waals surface area contributed by atoms with Crippen LogP contribution in [0.4, 0.5) is 11.4 Å². The monoisotopic (exact) mass is 469 g/mol. The van der Waals surface area contributed by atoms with Crippen LogP contribution < -0.4 is 26.0 Å². The highest BCUT2D eigenvalue weighted by Gasteiger charge is 2.48. The van der Waals surface area contributed by atoms with Gasteiger partial charge >= 0.3 is 0 Å². The van der Waals surface area contributed by atoms with Gasteiger partial charge in [-0.3, -0.25) is 0 Å². The molecule has 0 aromatic heterocycles. The first-order valence-corrected chi connectivity index (χ1v) is 12.8. The molecule has 1 unspecified atom stereocenters. The second-order valence-electron chi connectivity index (χ2n) is 10.2. The van der Waals surface area contributed by atoms with E-state index in [0.29, 0.717) is 0 Å². The Balaban J connectivity index is 1.42. The predicted octanol–water partition coefficient (Wildman–Crippen LogP) is 6.07. The minimum absolute atomic E-state index is 0.105. The molecule has 1 atom stereocenters. The van der Waals surface area contributed by atoms with Crippen LogP contribution in [0.3, 0.4) is 0 Å². The quantitative estimate of drug-likeness (QED) is 0.214. The van der Waals surface area contributed by atoms with Gasteiger partial charge < -0.3 is 9.64 Å². The summed E-state index contributed by atoms with van der Waals surface area (Å²) < 4.78 is 6.78. The van der Waals surface area contributed by atoms with Crippen molar-refractivity contribution in [3.8, 4) is 22.6 Å². The first-order valence-electron chi connectivity index (χ1n) is 12.8. The van der Waals surface area contributed by atoms with Crippen LogP contribution in [0.15, 0.2) is 121 Å². The average Bonchev–Trinajstić information content (AvgIpc) is 3.30. The summed E-state index contributed by atoms with van der Waals surface area (Å²) in [6.45, 7) is 0.105. The number of para-hydroxylation sites is 1. The molecule has 5 aromatic rings. The summed E-state index contributed by atoms with van der Waals surface area (Å²) in [5, 5.41) is 2.50. The topological polar surface area (TPSA) is 12.5 Å². The number of allylic oxidation sites excluding steroid dienone is 1. The van der Waals surface area contributed by atoms with Crippen molar-refractivity contribution >= 4 is 50.8 Å². The summed E-state index contributed by atoms with van der Waals surface area (Å²) in [5.74, 6) is 1.91. The molecule has 3 heterocycles. The predicted molar refractivity (Wildman–Crippen MR) is 154 cm³/mol. The minimum atomic E-state index is 0.105. The molecule has 170 valence electrons. The molecule has 0 bridgehead atoms. The zero-order valence-electron chi connectivity index (χ0n) is 20.0. The smallest absolute Gasteiger partial charge is 0.257 e. The molecule has 3 aliphatic heterocycles. The Kier molecular flexibility index (Phi) is 3.65. The van der Waals surface area contributed by atoms with Gasteiger partial charge in [0.15, 0.2) is 0 Å². The van der Waals surface area contributed by atoms with Gasteiger partial charge in [-0.1, -0.05) is 78.9 Å². The zero-order chi connectivity index (χ0) is 24.1. The molecule has 1 aliphatic carbocycles. The van der Waals surface area contributed by atoms with Gasteiger partial charge in [0.2, 0.25) is 0 Å². The van der Waals surface area contributed by atoms with Crippen molar-refractivity contribution in [2.24, 2.45) is 0 Å². The Morgan fingerprint density at radius 3 is 2.59 bits per heavy atom. The van der Waals surface area contributed by atoms with Gasteiger partial charge in [0.1, 0.15) is 11.5 Å². The molecule has 0 amide bonds. The number of hydrogen-bond acceptors (Lipinski definition) is 2. The highest BCUT2D eigenvalue weighted by molar-refractivity contribution is 7.00. The van der Waals surface area contributed by atoms with Crippen molar-refractivity contribution in [1.82, 2.24) is 0 Å². The maximum Gasteiger partial charge on any atom is 0.257 e. The second-order valence-corrected chi connectivity index (χ2v) is 10.2. The van der Waals surface area contributed by atoms with Crippen molar-refractivity contribution in [2.75, 3.05) is 4.90 Å². The Hall–Kier alpha value is -4.72. The fourth-order valence-electron chi connectivity index (χ4n) is 6.86. The van der Waals surface area contributed by atoms with Crippen LogP contribution in [0.5, 0.6) is 11.5 Å². The molecule has 2 nitrogen and oxygen atoms in total. The lowest BCUT2D eigenvalue weighted by molar-refractivity contribution is 0.488. The standard InChI is InChI=1S/C34H20BNO/c1-2-9-21(10-3-1)23-19-29-33-31(20-23)37-30-18-17-22-11-4-5-12-24(22)32(30)35(33)27-15-8-14-26-25-13-6-7-16-28(25)36(29)34(26)27/h1-6,8-20,28H. The van der Waals surface area contributed by atoms with Crippen LogP contribution in [-0.2, 0) is 0 Å². The Labute approximate surface area is 215 Å². The molecule has 4 aliphatic rings. The van der Waals surface area contributed by atoms with Crippen molar-refractivity contribution in [3.63, 3.8) is 0 Å². The third-order valence-corrected chi connectivity index (χ3v) is 8.36. The van der Waals surface area contributed by atoms with Crippen molar-refractivity contribution < 1.29 is 4.74 Å². The average molecular weight is 469 g/mol. The molecule has 0 saturated heterocycles. The molecule has 3 heteroatoms. The Bertz CT molecular complexity index is 1910. The summed E-state index contributed by atoms with van der Waals surface area (Å²) in [5.41, 5.74) is 14.8. The number of nitrogens with zero attached hydrogens (tertiary/aromatic N) is 1. The molecule has 0 N–H and O–H groups in total. The third-order valence-electron chi connectivity index (χ3n) is 8.36. The Morgan fingerprint density at radius 1 is 0.757 bits per heavy atom. The summed E-state index contributed by atoms with van der Waals surface area (Å²) >= 11 is 0. The van der Waals surface area contributed by atoms with Gasteiger partial charge in [-0.15, -0.1) is 5.73 Å². The molecule has 0 radical (unpaired) electrons. The van der Waals surface area contributed by atoms with Crippen LogP contribution in [0.25, 0.3) is 27.5 Å². The number of fused-ring (bicyclic) bond motifs is 9. The normalized spacial score (nSPS) is 17.1. The third kappa shape index (κ3) is 2.47. The molecule has 0 spiro atoms. The largest absolute Gasteiger partial charge is 0.458 e. The van der Waals surface area contributed by atoms with Crippen molar-refractivity contribution in [1.29, 1.82) is 0 Å². The minimum Gasteiger partial charge on any atom is -0.458 e. The maximum absolute atomic E-state index is 6.78. The van der Waals surface area contributed by atoms with E-state index in [0.717, 1.165) is 11.5 Å². The van der Waals surface area contributed by atoms with Gasteiger partial charge in [-0.05, 0) is 80.3 Å². The zero-order valence-corrected chi connectivity index (χ0v) is 20.0. The first-order chi connectivity index (χ1) is 18.4. The molecule has 37 heavy (non-hydrogen) atoms. The fourth-order valence-corrected chi connectivity index (χ4v) is 6.86. The second kappa shape index (κ2) is 6.94. The summed E-state index contributed by atoms with van der Waals surface area (Å²) in [6.07, 6.45) is 6.47. The van der Waals surface area contributed by atoms with Gasteiger partial charge in [-0.2, -0.15) is 0 Å². The van der Waals surface area contributed by atoms with Crippen molar-refractivity contribution in [2.45, 2.75) is 6.04 Å². The van der Waals surface area contributed by atoms with Gasteiger partial charge in [0.05, 0.1) is 6.04 Å². The SMILES string of the molecule is C1=CC=C2c3cccc4c3N(c3cc(-c5ccccc5)cc5c3B4c3c(ccc4ccccc34)O5)C2C=1. The molecule has 9 rings (SSSR count). The maximum atomic E-state index is 6.78. The van der Waals surface area contributed by atoms with E-state index in [1.165, 1.54) is 60.8 Å². The summed E-state index contributed by atoms with van der Waals surface area (Å²) in [7, 11) is 0. The number of benzene rings is 5. The first kappa shape index (κ1) is 19.5. The number of hydrogen-bond donors (Lipinski definition) is 0. The molecular formula is C34H20BNO. The molecule has 0 saturated carbocycles. The van der Waals surface area contributed by atoms with Crippen LogP contribution in [0, 0.1) is 0 Å². The van der Waals surface area contributed by atoms with E-state index < -0.39 is 0 Å². The van der Waals surface area contributed by atoms with E-state index in [4.69, 9.17) is 4.74 Å². The van der Waals surface area contributed by atoms with E-state index in [-0.39, 0.29) is 12.8 Å². The Morgan fingerprint density at radius 2 is 1.65 bits per heavy atom. The van der Waals surface area contributed by atoms with E-state index in [1.54, 1.807) is 0 Å². The van der Waals surface area contributed by atoms with Crippen LogP contribution >= 0.6 is 0 Å². The van der Waals surface area contributed by atoms with Crippen LogP contribution in [0.2, 0.25) is 0 Å².